The zero-order valence-corrected chi connectivity index (χ0v) is 17.2. The van der Waals surface area contributed by atoms with Crippen molar-refractivity contribution in [3.63, 3.8) is 0 Å². The normalized spacial score (nSPS) is 14.5. The number of benzene rings is 2. The first kappa shape index (κ1) is 21.9. The second kappa shape index (κ2) is 9.82. The van der Waals surface area contributed by atoms with Crippen molar-refractivity contribution in [2.75, 3.05) is 25.6 Å². The van der Waals surface area contributed by atoms with Crippen LogP contribution in [0.15, 0.2) is 47.4 Å². The number of thioether (sulfide) groups is 1. The van der Waals surface area contributed by atoms with Crippen LogP contribution in [0.25, 0.3) is 6.08 Å². The van der Waals surface area contributed by atoms with Gasteiger partial charge in [-0.25, -0.2) is 4.39 Å². The van der Waals surface area contributed by atoms with Gasteiger partial charge in [0.2, 0.25) is 5.91 Å². The van der Waals surface area contributed by atoms with Gasteiger partial charge in [-0.3, -0.25) is 19.3 Å². The van der Waals surface area contributed by atoms with E-state index in [1.807, 2.05) is 0 Å². The highest BCUT2D eigenvalue weighted by Gasteiger charge is 2.36. The predicted molar refractivity (Wildman–Crippen MR) is 115 cm³/mol. The van der Waals surface area contributed by atoms with E-state index < -0.39 is 29.4 Å². The zero-order valence-electron chi connectivity index (χ0n) is 16.4. The first-order valence-electron chi connectivity index (χ1n) is 8.96. The summed E-state index contributed by atoms with van der Waals surface area (Å²) in [5.74, 6) is 1.48. The lowest BCUT2D eigenvalue weighted by Crippen LogP contribution is -2.36. The van der Waals surface area contributed by atoms with E-state index in [2.05, 4.69) is 11.2 Å². The zero-order chi connectivity index (χ0) is 22.4. The number of methoxy groups -OCH3 is 1. The van der Waals surface area contributed by atoms with E-state index >= 15 is 0 Å². The number of anilines is 1. The smallest absolute Gasteiger partial charge is 0.294 e. The molecule has 0 atom stereocenters. The Kier molecular flexibility index (Phi) is 6.95. The third kappa shape index (κ3) is 5.43. The van der Waals surface area contributed by atoms with Gasteiger partial charge in [-0.1, -0.05) is 18.1 Å². The summed E-state index contributed by atoms with van der Waals surface area (Å²) in [5, 5.41) is 1.88. The summed E-state index contributed by atoms with van der Waals surface area (Å²) >= 11 is 0.719. The first-order chi connectivity index (χ1) is 14.9. The molecule has 0 radical (unpaired) electrons. The molecule has 0 aromatic heterocycles. The molecular weight excluding hydrogens is 423 g/mol. The van der Waals surface area contributed by atoms with Crippen molar-refractivity contribution in [1.82, 2.24) is 4.90 Å². The average Bonchev–Trinajstić information content (AvgIpc) is 3.00. The standard InChI is InChI=1S/C22H17FN2O5S/c1-3-9-30-17-8-7-14(10-18(17)29-2)11-19-21(27)25(22(28)31-19)13-20(26)24-16-6-4-5-15(23)12-16/h1,4-8,10-12H,9,13H2,2H3,(H,24,26)/b19-11+. The Morgan fingerprint density at radius 3 is 2.77 bits per heavy atom. The number of nitrogens with zero attached hydrogens (tertiary/aromatic N) is 1. The first-order valence-corrected chi connectivity index (χ1v) is 9.78. The molecule has 1 fully saturated rings. The topological polar surface area (TPSA) is 84.9 Å². The number of halogens is 1. The molecule has 31 heavy (non-hydrogen) atoms. The number of carbonyl (C=O) groups excluding carboxylic acids is 3. The predicted octanol–water partition coefficient (Wildman–Crippen LogP) is 3.52. The fraction of sp³-hybridized carbons (Fsp3) is 0.136. The van der Waals surface area contributed by atoms with Gasteiger partial charge in [0.1, 0.15) is 19.0 Å². The Morgan fingerprint density at radius 1 is 1.26 bits per heavy atom. The van der Waals surface area contributed by atoms with Gasteiger partial charge in [-0.2, -0.15) is 0 Å². The van der Waals surface area contributed by atoms with Gasteiger partial charge < -0.3 is 14.8 Å². The lowest BCUT2D eigenvalue weighted by molar-refractivity contribution is -0.127. The Bertz CT molecular complexity index is 1110. The van der Waals surface area contributed by atoms with Gasteiger partial charge in [0.25, 0.3) is 11.1 Å². The van der Waals surface area contributed by atoms with Crippen LogP contribution in [-0.2, 0) is 9.59 Å². The van der Waals surface area contributed by atoms with Crippen LogP contribution in [0.3, 0.4) is 0 Å². The number of carbonyl (C=O) groups is 3. The molecule has 1 saturated heterocycles. The molecule has 1 heterocycles. The van der Waals surface area contributed by atoms with E-state index in [-0.39, 0.29) is 17.2 Å². The molecule has 0 bridgehead atoms. The lowest BCUT2D eigenvalue weighted by atomic mass is 10.2. The van der Waals surface area contributed by atoms with Crippen LogP contribution in [0.1, 0.15) is 5.56 Å². The van der Waals surface area contributed by atoms with E-state index in [1.165, 1.54) is 31.4 Å². The summed E-state index contributed by atoms with van der Waals surface area (Å²) in [6, 6.07) is 10.3. The Balaban J connectivity index is 1.71. The third-order valence-electron chi connectivity index (χ3n) is 4.08. The summed E-state index contributed by atoms with van der Waals surface area (Å²) in [6.07, 6.45) is 6.70. The molecule has 1 aliphatic heterocycles. The number of hydrogen-bond donors (Lipinski definition) is 1. The van der Waals surface area contributed by atoms with Crippen LogP contribution in [0, 0.1) is 18.2 Å². The average molecular weight is 440 g/mol. The van der Waals surface area contributed by atoms with Crippen molar-refractivity contribution in [2.45, 2.75) is 0 Å². The van der Waals surface area contributed by atoms with Crippen LogP contribution in [-0.4, -0.2) is 42.2 Å². The molecular formula is C22H17FN2O5S. The number of hydrogen-bond acceptors (Lipinski definition) is 6. The van der Waals surface area contributed by atoms with Crippen LogP contribution >= 0.6 is 11.8 Å². The minimum atomic E-state index is -0.620. The summed E-state index contributed by atoms with van der Waals surface area (Å²) in [7, 11) is 1.47. The molecule has 2 aromatic carbocycles. The molecule has 2 aromatic rings. The van der Waals surface area contributed by atoms with Crippen molar-refractivity contribution < 1.29 is 28.2 Å². The quantitative estimate of drug-likeness (QED) is 0.524. The highest BCUT2D eigenvalue weighted by Crippen LogP contribution is 2.34. The highest BCUT2D eigenvalue weighted by atomic mass is 32.2. The molecule has 1 aliphatic rings. The van der Waals surface area contributed by atoms with Crippen molar-refractivity contribution in [2.24, 2.45) is 0 Å². The maximum Gasteiger partial charge on any atom is 0.294 e. The van der Waals surface area contributed by atoms with Crippen molar-refractivity contribution >= 4 is 40.6 Å². The molecule has 1 N–H and O–H groups in total. The van der Waals surface area contributed by atoms with E-state index in [0.717, 1.165) is 22.7 Å². The van der Waals surface area contributed by atoms with E-state index in [1.54, 1.807) is 18.2 Å². The monoisotopic (exact) mass is 440 g/mol. The summed E-state index contributed by atoms with van der Waals surface area (Å²) in [5.41, 5.74) is 0.825. The molecule has 0 unspecified atom stereocenters. The molecule has 9 heteroatoms. The van der Waals surface area contributed by atoms with Crippen molar-refractivity contribution in [3.05, 3.63) is 58.8 Å². The number of rotatable bonds is 7. The Labute approximate surface area is 182 Å². The maximum absolute atomic E-state index is 13.2. The second-order valence-corrected chi connectivity index (χ2v) is 7.22. The minimum Gasteiger partial charge on any atom is -0.493 e. The van der Waals surface area contributed by atoms with Crippen LogP contribution in [0.4, 0.5) is 14.9 Å². The number of amides is 3. The van der Waals surface area contributed by atoms with Gasteiger partial charge in [-0.15, -0.1) is 6.42 Å². The molecule has 7 nitrogen and oxygen atoms in total. The summed E-state index contributed by atoms with van der Waals surface area (Å²) in [4.78, 5) is 38.0. The maximum atomic E-state index is 13.2. The molecule has 158 valence electrons. The van der Waals surface area contributed by atoms with E-state index in [4.69, 9.17) is 15.9 Å². The largest absolute Gasteiger partial charge is 0.493 e. The third-order valence-corrected chi connectivity index (χ3v) is 4.99. The molecule has 3 amide bonds. The number of imide groups is 1. The van der Waals surface area contributed by atoms with Crippen LogP contribution < -0.4 is 14.8 Å². The van der Waals surface area contributed by atoms with Crippen molar-refractivity contribution in [1.29, 1.82) is 0 Å². The van der Waals surface area contributed by atoms with Crippen molar-refractivity contribution in [3.8, 4) is 23.8 Å². The van der Waals surface area contributed by atoms with Crippen LogP contribution in [0.5, 0.6) is 11.5 Å². The minimum absolute atomic E-state index is 0.0757. The number of nitrogens with one attached hydrogen (secondary N) is 1. The Hall–Kier alpha value is -3.77. The summed E-state index contributed by atoms with van der Waals surface area (Å²) < 4.78 is 23.9. The Morgan fingerprint density at radius 2 is 2.06 bits per heavy atom. The van der Waals surface area contributed by atoms with E-state index in [0.29, 0.717) is 17.1 Å². The molecule has 0 saturated carbocycles. The van der Waals surface area contributed by atoms with Gasteiger partial charge in [0.15, 0.2) is 11.5 Å². The molecule has 3 rings (SSSR count). The van der Waals surface area contributed by atoms with Crippen LogP contribution in [0.2, 0.25) is 0 Å². The van der Waals surface area contributed by atoms with Gasteiger partial charge in [-0.05, 0) is 53.7 Å². The fourth-order valence-corrected chi connectivity index (χ4v) is 3.55. The van der Waals surface area contributed by atoms with E-state index in [9.17, 15) is 18.8 Å². The van der Waals surface area contributed by atoms with Gasteiger partial charge >= 0.3 is 0 Å². The second-order valence-electron chi connectivity index (χ2n) is 6.23. The highest BCUT2D eigenvalue weighted by molar-refractivity contribution is 8.18. The number of ether oxygens (including phenoxy) is 2. The molecule has 0 aliphatic carbocycles. The summed E-state index contributed by atoms with van der Waals surface area (Å²) in [6.45, 7) is -0.410. The SMILES string of the molecule is C#CCOc1ccc(/C=C2/SC(=O)N(CC(=O)Nc3cccc(F)c3)C2=O)cc1OC. The number of terminal acetylenes is 1. The van der Waals surface area contributed by atoms with Gasteiger partial charge in [0.05, 0.1) is 12.0 Å². The fourth-order valence-electron chi connectivity index (χ4n) is 2.71. The molecule has 0 spiro atoms. The lowest BCUT2D eigenvalue weighted by Gasteiger charge is -2.12. The van der Waals surface area contributed by atoms with Gasteiger partial charge in [0, 0.05) is 5.69 Å².